The number of carbonyl (C=O) groups excluding carboxylic acids is 2. The highest BCUT2D eigenvalue weighted by Gasteiger charge is 2.28. The highest BCUT2D eigenvalue weighted by atomic mass is 32.2. The molecule has 1 saturated carbocycles. The molecule has 0 radical (unpaired) electrons. The van der Waals surface area contributed by atoms with E-state index >= 15 is 0 Å². The number of rotatable bonds is 6. The summed E-state index contributed by atoms with van der Waals surface area (Å²) in [6.45, 7) is 2.13. The van der Waals surface area contributed by atoms with Crippen molar-refractivity contribution in [2.45, 2.75) is 49.5 Å². The smallest absolute Gasteiger partial charge is 0.254 e. The van der Waals surface area contributed by atoms with Gasteiger partial charge in [-0.25, -0.2) is 0 Å². The first-order valence-electron chi connectivity index (χ1n) is 10.1. The summed E-state index contributed by atoms with van der Waals surface area (Å²) in [7, 11) is 1.92. The Hall–Kier alpha value is -1.53. The lowest BCUT2D eigenvalue weighted by molar-refractivity contribution is -0.129. The largest absolute Gasteiger partial charge is 0.342 e. The minimum absolute atomic E-state index is 0.0575. The highest BCUT2D eigenvalue weighted by molar-refractivity contribution is 8.00. The number of likely N-dealkylation sites (tertiary alicyclic amines) is 1. The van der Waals surface area contributed by atoms with E-state index < -0.39 is 0 Å². The van der Waals surface area contributed by atoms with E-state index in [2.05, 4.69) is 0 Å². The average molecular weight is 390 g/mol. The fourth-order valence-electron chi connectivity index (χ4n) is 4.06. The zero-order chi connectivity index (χ0) is 19.2. The molecule has 0 spiro atoms. The van der Waals surface area contributed by atoms with Gasteiger partial charge in [0.25, 0.3) is 5.91 Å². The Morgan fingerprint density at radius 3 is 2.63 bits per heavy atom. The topological polar surface area (TPSA) is 66.6 Å². The van der Waals surface area contributed by atoms with Gasteiger partial charge in [0.1, 0.15) is 0 Å². The van der Waals surface area contributed by atoms with Crippen LogP contribution in [0.15, 0.2) is 29.2 Å². The molecule has 1 heterocycles. The van der Waals surface area contributed by atoms with Gasteiger partial charge in [0, 0.05) is 31.1 Å². The summed E-state index contributed by atoms with van der Waals surface area (Å²) < 4.78 is 0. The van der Waals surface area contributed by atoms with Crippen LogP contribution in [-0.4, -0.2) is 60.1 Å². The van der Waals surface area contributed by atoms with Gasteiger partial charge in [-0.2, -0.15) is 0 Å². The zero-order valence-electron chi connectivity index (χ0n) is 16.2. The van der Waals surface area contributed by atoms with Gasteiger partial charge >= 0.3 is 0 Å². The quantitative estimate of drug-likeness (QED) is 0.760. The van der Waals surface area contributed by atoms with Gasteiger partial charge in [-0.3, -0.25) is 9.59 Å². The third-order valence-corrected chi connectivity index (χ3v) is 6.95. The summed E-state index contributed by atoms with van der Waals surface area (Å²) in [5, 5.41) is 0. The second kappa shape index (κ2) is 9.60. The van der Waals surface area contributed by atoms with Crippen LogP contribution in [0, 0.1) is 5.92 Å². The number of thioether (sulfide) groups is 1. The fourth-order valence-corrected chi connectivity index (χ4v) is 5.03. The molecule has 1 saturated heterocycles. The van der Waals surface area contributed by atoms with E-state index in [1.54, 1.807) is 0 Å². The number of carbonyl (C=O) groups is 2. The molecule has 2 N–H and O–H groups in total. The minimum atomic E-state index is 0.0575. The van der Waals surface area contributed by atoms with Crippen LogP contribution in [-0.2, 0) is 4.79 Å². The van der Waals surface area contributed by atoms with Crippen molar-refractivity contribution in [1.29, 1.82) is 0 Å². The predicted octanol–water partition coefficient (Wildman–Crippen LogP) is 2.99. The lowest BCUT2D eigenvalue weighted by atomic mass is 9.94. The van der Waals surface area contributed by atoms with Gasteiger partial charge in [-0.05, 0) is 43.9 Å². The number of hydrogen-bond acceptors (Lipinski definition) is 4. The van der Waals surface area contributed by atoms with Crippen LogP contribution in [0.3, 0.4) is 0 Å². The minimum Gasteiger partial charge on any atom is -0.342 e. The second-order valence-electron chi connectivity index (χ2n) is 7.72. The molecule has 6 heteroatoms. The van der Waals surface area contributed by atoms with Crippen LogP contribution in [0.1, 0.15) is 48.9 Å². The van der Waals surface area contributed by atoms with E-state index in [1.165, 1.54) is 31.0 Å². The molecule has 2 fully saturated rings. The molecule has 3 rings (SSSR count). The van der Waals surface area contributed by atoms with Gasteiger partial charge in [-0.1, -0.05) is 31.4 Å². The molecule has 1 unspecified atom stereocenters. The number of nitrogens with zero attached hydrogens (tertiary/aromatic N) is 2. The molecule has 1 aliphatic heterocycles. The fraction of sp³-hybridized carbons (Fsp3) is 0.619. The monoisotopic (exact) mass is 389 g/mol. The molecule has 148 valence electrons. The highest BCUT2D eigenvalue weighted by Crippen LogP contribution is 2.27. The first-order valence-corrected chi connectivity index (χ1v) is 11.1. The summed E-state index contributed by atoms with van der Waals surface area (Å²) in [6, 6.07) is 8.02. The van der Waals surface area contributed by atoms with Gasteiger partial charge in [0.05, 0.1) is 11.3 Å². The molecular formula is C21H31N3O2S. The van der Waals surface area contributed by atoms with E-state index in [4.69, 9.17) is 5.73 Å². The summed E-state index contributed by atoms with van der Waals surface area (Å²) in [5.74, 6) is 0.989. The molecular weight excluding hydrogens is 358 g/mol. The summed E-state index contributed by atoms with van der Waals surface area (Å²) >= 11 is 1.48. The van der Waals surface area contributed by atoms with E-state index in [0.29, 0.717) is 29.8 Å². The third kappa shape index (κ3) is 5.05. The van der Waals surface area contributed by atoms with Crippen LogP contribution in [0.4, 0.5) is 0 Å². The number of benzene rings is 1. The lowest BCUT2D eigenvalue weighted by Gasteiger charge is -2.31. The average Bonchev–Trinajstić information content (AvgIpc) is 3.21. The Labute approximate surface area is 166 Å². The number of nitrogens with two attached hydrogens (primary N) is 1. The maximum Gasteiger partial charge on any atom is 0.254 e. The van der Waals surface area contributed by atoms with Crippen LogP contribution >= 0.6 is 11.8 Å². The van der Waals surface area contributed by atoms with Crippen molar-refractivity contribution in [3.63, 3.8) is 0 Å². The molecule has 27 heavy (non-hydrogen) atoms. The molecule has 5 nitrogen and oxygen atoms in total. The molecule has 2 amide bonds. The van der Waals surface area contributed by atoms with Crippen molar-refractivity contribution in [3.8, 4) is 0 Å². The Balaban J connectivity index is 1.60. The Kier molecular flexibility index (Phi) is 7.19. The van der Waals surface area contributed by atoms with Crippen molar-refractivity contribution in [2.24, 2.45) is 11.7 Å². The van der Waals surface area contributed by atoms with Crippen molar-refractivity contribution < 1.29 is 9.59 Å². The Bertz CT molecular complexity index is 661. The molecule has 1 aliphatic carbocycles. The third-order valence-electron chi connectivity index (χ3n) is 5.89. The van der Waals surface area contributed by atoms with E-state index in [1.807, 2.05) is 41.1 Å². The standard InChI is InChI=1S/C21H31N3O2S/c1-23(17-7-3-2-4-8-17)20(25)15-27-19-10-6-5-9-18(19)21(26)24-12-11-16(13-22)14-24/h5-6,9-10,16-17H,2-4,7-8,11-15,22H2,1H3. The molecule has 1 atom stereocenters. The van der Waals surface area contributed by atoms with Crippen molar-refractivity contribution >= 4 is 23.6 Å². The van der Waals surface area contributed by atoms with Crippen LogP contribution in [0.25, 0.3) is 0 Å². The van der Waals surface area contributed by atoms with Gasteiger partial charge in [0.2, 0.25) is 5.91 Å². The maximum atomic E-state index is 12.9. The van der Waals surface area contributed by atoms with Gasteiger partial charge < -0.3 is 15.5 Å². The first kappa shape index (κ1) is 20.2. The van der Waals surface area contributed by atoms with Crippen molar-refractivity contribution in [3.05, 3.63) is 29.8 Å². The molecule has 1 aromatic rings. The zero-order valence-corrected chi connectivity index (χ0v) is 17.0. The summed E-state index contributed by atoms with van der Waals surface area (Å²) in [6.07, 6.45) is 6.91. The molecule has 1 aromatic carbocycles. The van der Waals surface area contributed by atoms with E-state index in [0.717, 1.165) is 37.2 Å². The van der Waals surface area contributed by atoms with E-state index in [-0.39, 0.29) is 11.8 Å². The summed E-state index contributed by atoms with van der Waals surface area (Å²) in [5.41, 5.74) is 6.45. The lowest BCUT2D eigenvalue weighted by Crippen LogP contribution is -2.39. The predicted molar refractivity (Wildman–Crippen MR) is 110 cm³/mol. The van der Waals surface area contributed by atoms with E-state index in [9.17, 15) is 9.59 Å². The number of hydrogen-bond donors (Lipinski definition) is 1. The number of amides is 2. The first-order chi connectivity index (χ1) is 13.1. The molecule has 2 aliphatic rings. The second-order valence-corrected chi connectivity index (χ2v) is 8.74. The maximum absolute atomic E-state index is 12.9. The van der Waals surface area contributed by atoms with Gasteiger partial charge in [-0.15, -0.1) is 11.8 Å². The van der Waals surface area contributed by atoms with Crippen LogP contribution < -0.4 is 5.73 Å². The molecule has 0 bridgehead atoms. The Morgan fingerprint density at radius 1 is 1.19 bits per heavy atom. The SMILES string of the molecule is CN(C(=O)CSc1ccccc1C(=O)N1CCC(CN)C1)C1CCCCC1. The van der Waals surface area contributed by atoms with Gasteiger partial charge in [0.15, 0.2) is 0 Å². The summed E-state index contributed by atoms with van der Waals surface area (Å²) in [4.78, 5) is 30.3. The Morgan fingerprint density at radius 2 is 1.93 bits per heavy atom. The van der Waals surface area contributed by atoms with Crippen LogP contribution in [0.2, 0.25) is 0 Å². The van der Waals surface area contributed by atoms with Crippen molar-refractivity contribution in [1.82, 2.24) is 9.80 Å². The molecule has 0 aromatic heterocycles. The van der Waals surface area contributed by atoms with Crippen LogP contribution in [0.5, 0.6) is 0 Å². The normalized spacial score (nSPS) is 20.7. The van der Waals surface area contributed by atoms with Crippen molar-refractivity contribution in [2.75, 3.05) is 32.4 Å².